The van der Waals surface area contributed by atoms with Crippen LogP contribution >= 0.6 is 0 Å². The Kier molecular flexibility index (Phi) is 4.11. The Balaban J connectivity index is 3.24. The number of benzene rings is 1. The van der Waals surface area contributed by atoms with E-state index >= 15 is 0 Å². The summed E-state index contributed by atoms with van der Waals surface area (Å²) in [6.07, 6.45) is -4.49. The van der Waals surface area contributed by atoms with Crippen molar-refractivity contribution >= 4 is 5.97 Å². The number of methoxy groups -OCH3 is 1. The monoisotopic (exact) mass is 247 g/mol. The molecule has 0 saturated carbocycles. The third kappa shape index (κ3) is 3.20. The molecule has 0 fully saturated rings. The second-order valence-electron chi connectivity index (χ2n) is 3.39. The molecule has 6 heteroatoms. The normalized spacial score (nSPS) is 11.4. The SMILES string of the molecule is CNCc1ccc(C(=O)OC)cc1C(F)(F)F. The van der Waals surface area contributed by atoms with E-state index in [9.17, 15) is 18.0 Å². The summed E-state index contributed by atoms with van der Waals surface area (Å²) in [7, 11) is 2.67. The zero-order chi connectivity index (χ0) is 13.1. The van der Waals surface area contributed by atoms with Crippen molar-refractivity contribution < 1.29 is 22.7 Å². The molecule has 0 unspecified atom stereocenters. The summed E-state index contributed by atoms with van der Waals surface area (Å²) < 4.78 is 42.6. The lowest BCUT2D eigenvalue weighted by molar-refractivity contribution is -0.138. The molecule has 1 N–H and O–H groups in total. The molecule has 0 heterocycles. The van der Waals surface area contributed by atoms with Gasteiger partial charge in [-0.3, -0.25) is 0 Å². The van der Waals surface area contributed by atoms with Gasteiger partial charge in [-0.05, 0) is 24.7 Å². The Morgan fingerprint density at radius 3 is 2.53 bits per heavy atom. The number of carbonyl (C=O) groups excluding carboxylic acids is 1. The molecular weight excluding hydrogens is 235 g/mol. The van der Waals surface area contributed by atoms with Crippen LogP contribution in [0.1, 0.15) is 21.5 Å². The summed E-state index contributed by atoms with van der Waals surface area (Å²) >= 11 is 0. The van der Waals surface area contributed by atoms with Gasteiger partial charge >= 0.3 is 12.1 Å². The molecular formula is C11H12F3NO2. The summed E-state index contributed by atoms with van der Waals surface area (Å²) in [6, 6.07) is 3.39. The van der Waals surface area contributed by atoms with Gasteiger partial charge in [0.2, 0.25) is 0 Å². The molecule has 0 aliphatic carbocycles. The predicted molar refractivity (Wildman–Crippen MR) is 55.5 cm³/mol. The first-order valence-corrected chi connectivity index (χ1v) is 4.83. The van der Waals surface area contributed by atoms with Gasteiger partial charge in [0.25, 0.3) is 0 Å². The van der Waals surface area contributed by atoms with Crippen molar-refractivity contribution in [2.75, 3.05) is 14.2 Å². The average molecular weight is 247 g/mol. The zero-order valence-electron chi connectivity index (χ0n) is 9.39. The number of ether oxygens (including phenoxy) is 1. The molecule has 0 amide bonds. The Labute approximate surface area is 96.6 Å². The van der Waals surface area contributed by atoms with Gasteiger partial charge < -0.3 is 10.1 Å². The van der Waals surface area contributed by atoms with Crippen LogP contribution in [-0.2, 0) is 17.5 Å². The van der Waals surface area contributed by atoms with Crippen LogP contribution in [0, 0.1) is 0 Å². The Hall–Kier alpha value is -1.56. The van der Waals surface area contributed by atoms with E-state index in [1.165, 1.54) is 12.1 Å². The van der Waals surface area contributed by atoms with Crippen LogP contribution in [0.15, 0.2) is 18.2 Å². The molecule has 0 spiro atoms. The maximum Gasteiger partial charge on any atom is 0.416 e. The van der Waals surface area contributed by atoms with Crippen LogP contribution in [0.2, 0.25) is 0 Å². The number of hydrogen-bond donors (Lipinski definition) is 1. The zero-order valence-corrected chi connectivity index (χ0v) is 9.39. The van der Waals surface area contributed by atoms with Crippen LogP contribution in [0.5, 0.6) is 0 Å². The summed E-state index contributed by atoms with van der Waals surface area (Å²) in [4.78, 5) is 11.2. The standard InChI is InChI=1S/C11H12F3NO2/c1-15-6-8-4-3-7(10(16)17-2)5-9(8)11(12,13)14/h3-5,15H,6H2,1-2H3. The van der Waals surface area contributed by atoms with Crippen LogP contribution in [0.4, 0.5) is 13.2 Å². The van der Waals surface area contributed by atoms with Gasteiger partial charge in [0.05, 0.1) is 18.2 Å². The third-order valence-electron chi connectivity index (χ3n) is 2.20. The molecule has 0 atom stereocenters. The number of carbonyl (C=O) groups is 1. The first-order valence-electron chi connectivity index (χ1n) is 4.83. The fourth-order valence-electron chi connectivity index (χ4n) is 1.43. The smallest absolute Gasteiger partial charge is 0.416 e. The minimum Gasteiger partial charge on any atom is -0.465 e. The second-order valence-corrected chi connectivity index (χ2v) is 3.39. The highest BCUT2D eigenvalue weighted by Gasteiger charge is 2.33. The highest BCUT2D eigenvalue weighted by Crippen LogP contribution is 2.32. The van der Waals surface area contributed by atoms with Gasteiger partial charge in [-0.2, -0.15) is 13.2 Å². The topological polar surface area (TPSA) is 38.3 Å². The van der Waals surface area contributed by atoms with Crippen LogP contribution in [0.25, 0.3) is 0 Å². The molecule has 0 bridgehead atoms. The first-order chi connectivity index (χ1) is 7.90. The highest BCUT2D eigenvalue weighted by atomic mass is 19.4. The van der Waals surface area contributed by atoms with Gasteiger partial charge in [-0.25, -0.2) is 4.79 Å². The molecule has 0 saturated heterocycles. The maximum absolute atomic E-state index is 12.7. The lowest BCUT2D eigenvalue weighted by Crippen LogP contribution is -2.15. The highest BCUT2D eigenvalue weighted by molar-refractivity contribution is 5.89. The van der Waals surface area contributed by atoms with E-state index < -0.39 is 17.7 Å². The van der Waals surface area contributed by atoms with Gasteiger partial charge in [-0.15, -0.1) is 0 Å². The van der Waals surface area contributed by atoms with Gasteiger partial charge in [0.1, 0.15) is 0 Å². The summed E-state index contributed by atoms with van der Waals surface area (Å²) in [5.41, 5.74) is -0.845. The molecule has 0 aliphatic heterocycles. The number of alkyl halides is 3. The van der Waals surface area contributed by atoms with Crippen LogP contribution in [0.3, 0.4) is 0 Å². The van der Waals surface area contributed by atoms with Crippen LogP contribution in [-0.4, -0.2) is 20.1 Å². The van der Waals surface area contributed by atoms with E-state index in [-0.39, 0.29) is 17.7 Å². The molecule has 0 aliphatic rings. The molecule has 0 radical (unpaired) electrons. The average Bonchev–Trinajstić information content (AvgIpc) is 2.27. The maximum atomic E-state index is 12.7. The van der Waals surface area contributed by atoms with E-state index in [4.69, 9.17) is 0 Å². The second kappa shape index (κ2) is 5.18. The molecule has 17 heavy (non-hydrogen) atoms. The van der Waals surface area contributed by atoms with E-state index in [1.807, 2.05) is 0 Å². The van der Waals surface area contributed by atoms with Crippen molar-refractivity contribution in [1.82, 2.24) is 5.32 Å². The van der Waals surface area contributed by atoms with E-state index in [0.717, 1.165) is 13.2 Å². The third-order valence-corrected chi connectivity index (χ3v) is 2.20. The lowest BCUT2D eigenvalue weighted by atomic mass is 10.0. The Morgan fingerprint density at radius 1 is 1.41 bits per heavy atom. The molecule has 94 valence electrons. The minimum absolute atomic E-state index is 0.0797. The molecule has 1 rings (SSSR count). The first kappa shape index (κ1) is 13.5. The molecule has 1 aromatic rings. The number of hydrogen-bond acceptors (Lipinski definition) is 3. The van der Waals surface area contributed by atoms with E-state index in [1.54, 1.807) is 7.05 Å². The van der Waals surface area contributed by atoms with Crippen molar-refractivity contribution in [2.24, 2.45) is 0 Å². The summed E-state index contributed by atoms with van der Waals surface area (Å²) in [5, 5.41) is 2.64. The number of rotatable bonds is 3. The van der Waals surface area contributed by atoms with Gasteiger partial charge in [-0.1, -0.05) is 6.07 Å². The summed E-state index contributed by atoms with van der Waals surface area (Å²) in [5.74, 6) is -0.786. The quantitative estimate of drug-likeness (QED) is 0.832. The molecule has 3 nitrogen and oxygen atoms in total. The van der Waals surface area contributed by atoms with Crippen molar-refractivity contribution in [1.29, 1.82) is 0 Å². The summed E-state index contributed by atoms with van der Waals surface area (Å²) in [6.45, 7) is 0.0797. The van der Waals surface area contributed by atoms with E-state index in [2.05, 4.69) is 10.1 Å². The minimum atomic E-state index is -4.49. The van der Waals surface area contributed by atoms with Crippen LogP contribution < -0.4 is 5.32 Å². The largest absolute Gasteiger partial charge is 0.465 e. The molecule has 0 aromatic heterocycles. The lowest BCUT2D eigenvalue weighted by Gasteiger charge is -2.13. The van der Waals surface area contributed by atoms with Crippen molar-refractivity contribution in [3.63, 3.8) is 0 Å². The van der Waals surface area contributed by atoms with Crippen molar-refractivity contribution in [3.8, 4) is 0 Å². The van der Waals surface area contributed by atoms with Crippen molar-refractivity contribution in [2.45, 2.75) is 12.7 Å². The van der Waals surface area contributed by atoms with Gasteiger partial charge in [0.15, 0.2) is 0 Å². The fraction of sp³-hybridized carbons (Fsp3) is 0.364. The molecule has 1 aromatic carbocycles. The predicted octanol–water partition coefficient (Wildman–Crippen LogP) is 2.21. The van der Waals surface area contributed by atoms with E-state index in [0.29, 0.717) is 0 Å². The number of halogens is 3. The Bertz CT molecular complexity index is 416. The number of esters is 1. The Morgan fingerprint density at radius 2 is 2.06 bits per heavy atom. The van der Waals surface area contributed by atoms with Gasteiger partial charge in [0, 0.05) is 6.54 Å². The van der Waals surface area contributed by atoms with Crippen molar-refractivity contribution in [3.05, 3.63) is 34.9 Å². The fourth-order valence-corrected chi connectivity index (χ4v) is 1.43. The number of nitrogens with one attached hydrogen (secondary N) is 1.